The molecule has 0 spiro atoms. The zero-order valence-corrected chi connectivity index (χ0v) is 13.9. The molecular weight excluding hydrogens is 314 g/mol. The molecule has 0 atom stereocenters. The Morgan fingerprint density at radius 1 is 1.35 bits per heavy atom. The number of aromatic amines is 1. The highest BCUT2D eigenvalue weighted by Gasteiger charge is 2.13. The Morgan fingerprint density at radius 3 is 2.65 bits per heavy atom. The number of H-pyrrole nitrogens is 1. The van der Waals surface area contributed by atoms with Crippen LogP contribution in [0.4, 0.5) is 5.69 Å². The summed E-state index contributed by atoms with van der Waals surface area (Å²) in [6.45, 7) is 1.63. The number of hydrogen-bond acceptors (Lipinski definition) is 5. The molecule has 2 rings (SSSR count). The van der Waals surface area contributed by atoms with E-state index in [1.165, 1.54) is 11.8 Å². The lowest BCUT2D eigenvalue weighted by molar-refractivity contribution is -0.115. The molecule has 0 radical (unpaired) electrons. The summed E-state index contributed by atoms with van der Waals surface area (Å²) in [4.78, 5) is 32.6. The maximum absolute atomic E-state index is 12.2. The van der Waals surface area contributed by atoms with Crippen LogP contribution < -0.4 is 10.5 Å². The molecule has 1 aromatic heterocycles. The number of para-hydroxylation sites is 1. The van der Waals surface area contributed by atoms with Crippen LogP contribution in [-0.4, -0.2) is 40.4 Å². The Balaban J connectivity index is 2.03. The number of nitrogens with zero attached hydrogens (tertiary/aromatic N) is 2. The van der Waals surface area contributed by atoms with Gasteiger partial charge in [0.05, 0.1) is 5.75 Å². The molecule has 6 nitrogen and oxygen atoms in total. The molecule has 1 heterocycles. The highest BCUT2D eigenvalue weighted by atomic mass is 32.2. The van der Waals surface area contributed by atoms with Crippen molar-refractivity contribution >= 4 is 23.4 Å². The van der Waals surface area contributed by atoms with Gasteiger partial charge in [-0.2, -0.15) is 0 Å². The molecule has 122 valence electrons. The summed E-state index contributed by atoms with van der Waals surface area (Å²) in [5, 5.41) is 9.35. The van der Waals surface area contributed by atoms with Crippen molar-refractivity contribution in [2.24, 2.45) is 0 Å². The molecule has 0 aliphatic rings. The number of aryl methyl sites for hydroxylation is 1. The first-order valence-corrected chi connectivity index (χ1v) is 8.16. The van der Waals surface area contributed by atoms with Crippen molar-refractivity contribution in [3.63, 3.8) is 0 Å². The predicted molar refractivity (Wildman–Crippen MR) is 91.0 cm³/mol. The van der Waals surface area contributed by atoms with Crippen LogP contribution in [0.5, 0.6) is 0 Å². The van der Waals surface area contributed by atoms with E-state index in [1.54, 1.807) is 18.9 Å². The number of aliphatic hydroxyl groups is 1. The highest BCUT2D eigenvalue weighted by molar-refractivity contribution is 7.99. The average molecular weight is 333 g/mol. The lowest BCUT2D eigenvalue weighted by Crippen LogP contribution is -2.28. The number of anilines is 1. The Morgan fingerprint density at radius 2 is 2.04 bits per heavy atom. The largest absolute Gasteiger partial charge is 0.396 e. The zero-order chi connectivity index (χ0) is 16.8. The van der Waals surface area contributed by atoms with E-state index in [1.807, 2.05) is 30.3 Å². The van der Waals surface area contributed by atoms with Crippen LogP contribution in [0.3, 0.4) is 0 Å². The van der Waals surface area contributed by atoms with Crippen molar-refractivity contribution < 1.29 is 9.90 Å². The molecule has 0 bridgehead atoms. The third-order valence-electron chi connectivity index (χ3n) is 3.41. The van der Waals surface area contributed by atoms with Crippen molar-refractivity contribution in [1.29, 1.82) is 0 Å². The third kappa shape index (κ3) is 4.43. The monoisotopic (exact) mass is 333 g/mol. The molecule has 0 saturated heterocycles. The van der Waals surface area contributed by atoms with Crippen molar-refractivity contribution in [2.45, 2.75) is 18.5 Å². The molecule has 7 heteroatoms. The lowest BCUT2D eigenvalue weighted by Gasteiger charge is -2.16. The molecule has 0 aliphatic carbocycles. The average Bonchev–Trinajstić information content (AvgIpc) is 2.56. The lowest BCUT2D eigenvalue weighted by atomic mass is 10.2. The molecule has 1 aromatic carbocycles. The van der Waals surface area contributed by atoms with E-state index in [-0.39, 0.29) is 30.2 Å². The van der Waals surface area contributed by atoms with Crippen LogP contribution in [0.1, 0.15) is 11.3 Å². The first-order valence-electron chi connectivity index (χ1n) is 7.18. The van der Waals surface area contributed by atoms with Gasteiger partial charge in [-0.3, -0.25) is 9.59 Å². The maximum Gasteiger partial charge on any atom is 0.255 e. The molecular formula is C16H19N3O3S. The van der Waals surface area contributed by atoms with Gasteiger partial charge in [-0.15, -0.1) is 0 Å². The topological polar surface area (TPSA) is 86.3 Å². The fourth-order valence-electron chi connectivity index (χ4n) is 2.08. The van der Waals surface area contributed by atoms with Crippen LogP contribution in [0.15, 0.2) is 40.3 Å². The van der Waals surface area contributed by atoms with Gasteiger partial charge in [0.15, 0.2) is 5.16 Å². The minimum atomic E-state index is -0.266. The van der Waals surface area contributed by atoms with E-state index < -0.39 is 0 Å². The number of benzene rings is 1. The smallest absolute Gasteiger partial charge is 0.255 e. The Hall–Kier alpha value is -2.12. The van der Waals surface area contributed by atoms with E-state index in [4.69, 9.17) is 5.11 Å². The molecule has 0 aliphatic heterocycles. The first kappa shape index (κ1) is 17.2. The van der Waals surface area contributed by atoms with Crippen molar-refractivity contribution in [3.8, 4) is 0 Å². The number of carbonyl (C=O) groups is 1. The second kappa shape index (κ2) is 7.94. The second-order valence-corrected chi connectivity index (χ2v) is 5.95. The molecule has 2 aromatic rings. The SMILES string of the molecule is Cc1nc(SCC(=O)N(C)c2ccccc2)[nH]c(=O)c1CCO. The highest BCUT2D eigenvalue weighted by Crippen LogP contribution is 2.16. The summed E-state index contributed by atoms with van der Waals surface area (Å²) < 4.78 is 0. The first-order chi connectivity index (χ1) is 11.0. The van der Waals surface area contributed by atoms with Crippen molar-refractivity contribution in [2.75, 3.05) is 24.3 Å². The van der Waals surface area contributed by atoms with Gasteiger partial charge in [-0.1, -0.05) is 30.0 Å². The van der Waals surface area contributed by atoms with Crippen LogP contribution in [0.2, 0.25) is 0 Å². The summed E-state index contributed by atoms with van der Waals surface area (Å²) in [6.07, 6.45) is 0.273. The van der Waals surface area contributed by atoms with Crippen LogP contribution in [0, 0.1) is 6.92 Å². The Kier molecular flexibility index (Phi) is 5.95. The van der Waals surface area contributed by atoms with Gasteiger partial charge < -0.3 is 15.0 Å². The van der Waals surface area contributed by atoms with E-state index in [2.05, 4.69) is 9.97 Å². The second-order valence-electron chi connectivity index (χ2n) is 4.99. The Labute approximate surface area is 138 Å². The predicted octanol–water partition coefficient (Wildman–Crippen LogP) is 1.37. The summed E-state index contributed by atoms with van der Waals surface area (Å²) in [7, 11) is 1.71. The third-order valence-corrected chi connectivity index (χ3v) is 4.27. The van der Waals surface area contributed by atoms with Gasteiger partial charge >= 0.3 is 0 Å². The summed E-state index contributed by atoms with van der Waals surface area (Å²) in [5.41, 5.74) is 1.60. The molecule has 23 heavy (non-hydrogen) atoms. The fraction of sp³-hybridized carbons (Fsp3) is 0.312. The summed E-state index contributed by atoms with van der Waals surface area (Å²) in [5.74, 6) is 0.0913. The Bertz CT molecular complexity index is 731. The molecule has 2 N–H and O–H groups in total. The molecule has 0 unspecified atom stereocenters. The van der Waals surface area contributed by atoms with Gasteiger partial charge in [-0.25, -0.2) is 4.98 Å². The van der Waals surface area contributed by atoms with E-state index >= 15 is 0 Å². The normalized spacial score (nSPS) is 10.6. The number of carbonyl (C=O) groups excluding carboxylic acids is 1. The summed E-state index contributed by atoms with van der Waals surface area (Å²) in [6, 6.07) is 9.35. The van der Waals surface area contributed by atoms with Gasteiger partial charge in [0.25, 0.3) is 5.56 Å². The van der Waals surface area contributed by atoms with Gasteiger partial charge in [0.1, 0.15) is 0 Å². The van der Waals surface area contributed by atoms with Crippen LogP contribution >= 0.6 is 11.8 Å². The van der Waals surface area contributed by atoms with Gasteiger partial charge in [0.2, 0.25) is 5.91 Å². The minimum Gasteiger partial charge on any atom is -0.396 e. The van der Waals surface area contributed by atoms with Crippen LogP contribution in [0.25, 0.3) is 0 Å². The van der Waals surface area contributed by atoms with Crippen molar-refractivity contribution in [1.82, 2.24) is 9.97 Å². The number of hydrogen-bond donors (Lipinski definition) is 2. The quantitative estimate of drug-likeness (QED) is 0.616. The molecule has 1 amide bonds. The summed E-state index contributed by atoms with van der Waals surface area (Å²) >= 11 is 1.19. The van der Waals surface area contributed by atoms with Crippen LogP contribution in [-0.2, 0) is 11.2 Å². The number of rotatable bonds is 6. The molecule has 0 saturated carbocycles. The van der Waals surface area contributed by atoms with E-state index in [0.717, 1.165) is 5.69 Å². The fourth-order valence-corrected chi connectivity index (χ4v) is 2.90. The van der Waals surface area contributed by atoms with Gasteiger partial charge in [0, 0.05) is 37.0 Å². The maximum atomic E-state index is 12.2. The number of aliphatic hydroxyl groups excluding tert-OH is 1. The van der Waals surface area contributed by atoms with E-state index in [9.17, 15) is 9.59 Å². The molecule has 0 fully saturated rings. The van der Waals surface area contributed by atoms with E-state index in [0.29, 0.717) is 16.4 Å². The number of amides is 1. The minimum absolute atomic E-state index is 0.0825. The zero-order valence-electron chi connectivity index (χ0n) is 13.1. The number of thioether (sulfide) groups is 1. The number of aromatic nitrogens is 2. The number of nitrogens with one attached hydrogen (secondary N) is 1. The van der Waals surface area contributed by atoms with Crippen molar-refractivity contribution in [3.05, 3.63) is 51.9 Å². The van der Waals surface area contributed by atoms with Gasteiger partial charge in [-0.05, 0) is 19.1 Å². The standard InChI is InChI=1S/C16H19N3O3S/c1-11-13(8-9-20)15(22)18-16(17-11)23-10-14(21)19(2)12-6-4-3-5-7-12/h3-7,20H,8-10H2,1-2H3,(H,17,18,22).